The SMILES string of the molecule is Brc1cc2cc(-c3cc4ccccc4[nH]3)[nH]c2cc1Br. The van der Waals surface area contributed by atoms with Crippen LogP contribution in [0.15, 0.2) is 57.5 Å². The van der Waals surface area contributed by atoms with Gasteiger partial charge in [-0.05, 0) is 62.2 Å². The fourth-order valence-corrected chi connectivity index (χ4v) is 3.19. The lowest BCUT2D eigenvalue weighted by molar-refractivity contribution is 1.38. The highest BCUT2D eigenvalue weighted by molar-refractivity contribution is 9.13. The van der Waals surface area contributed by atoms with E-state index in [2.05, 4.69) is 84.3 Å². The third kappa shape index (κ3) is 1.91. The van der Waals surface area contributed by atoms with Crippen LogP contribution in [0.2, 0.25) is 0 Å². The van der Waals surface area contributed by atoms with Crippen molar-refractivity contribution >= 4 is 53.7 Å². The van der Waals surface area contributed by atoms with E-state index in [-0.39, 0.29) is 0 Å². The second-order valence-electron chi connectivity index (χ2n) is 4.81. The molecule has 0 bridgehead atoms. The van der Waals surface area contributed by atoms with E-state index in [0.717, 1.165) is 31.4 Å². The summed E-state index contributed by atoms with van der Waals surface area (Å²) in [5.41, 5.74) is 4.48. The number of aromatic amines is 2. The molecule has 0 radical (unpaired) electrons. The molecule has 0 unspecified atom stereocenters. The van der Waals surface area contributed by atoms with Gasteiger partial charge in [-0.25, -0.2) is 0 Å². The van der Waals surface area contributed by atoms with Gasteiger partial charge in [-0.3, -0.25) is 0 Å². The topological polar surface area (TPSA) is 31.6 Å². The number of rotatable bonds is 1. The minimum atomic E-state index is 1.05. The molecule has 4 aromatic rings. The molecule has 2 nitrogen and oxygen atoms in total. The van der Waals surface area contributed by atoms with E-state index in [4.69, 9.17) is 0 Å². The Morgan fingerprint density at radius 3 is 2.10 bits per heavy atom. The van der Waals surface area contributed by atoms with E-state index in [9.17, 15) is 0 Å². The van der Waals surface area contributed by atoms with Crippen LogP contribution in [0.4, 0.5) is 0 Å². The highest BCUT2D eigenvalue weighted by atomic mass is 79.9. The van der Waals surface area contributed by atoms with Crippen molar-refractivity contribution in [2.24, 2.45) is 0 Å². The lowest BCUT2D eigenvalue weighted by Crippen LogP contribution is -1.75. The van der Waals surface area contributed by atoms with Crippen molar-refractivity contribution in [1.82, 2.24) is 9.97 Å². The molecule has 0 aliphatic carbocycles. The summed E-state index contributed by atoms with van der Waals surface area (Å²) in [6.07, 6.45) is 0. The van der Waals surface area contributed by atoms with Gasteiger partial charge in [-0.15, -0.1) is 0 Å². The maximum atomic E-state index is 3.54. The van der Waals surface area contributed by atoms with Crippen LogP contribution in [0, 0.1) is 0 Å². The van der Waals surface area contributed by atoms with Gasteiger partial charge < -0.3 is 9.97 Å². The normalized spacial score (nSPS) is 11.5. The fraction of sp³-hybridized carbons (Fsp3) is 0. The molecular formula is C16H10Br2N2. The van der Waals surface area contributed by atoms with Crippen molar-refractivity contribution in [2.75, 3.05) is 0 Å². The first kappa shape index (κ1) is 12.2. The molecule has 0 aliphatic rings. The summed E-state index contributed by atoms with van der Waals surface area (Å²) in [5.74, 6) is 0. The molecule has 0 spiro atoms. The first-order valence-electron chi connectivity index (χ1n) is 6.26. The smallest absolute Gasteiger partial charge is 0.0630 e. The summed E-state index contributed by atoms with van der Waals surface area (Å²) in [5, 5.41) is 2.41. The second-order valence-corrected chi connectivity index (χ2v) is 6.52. The molecule has 2 heterocycles. The fourth-order valence-electron chi connectivity index (χ4n) is 2.49. The number of H-pyrrole nitrogens is 2. The Morgan fingerprint density at radius 1 is 0.650 bits per heavy atom. The quantitative estimate of drug-likeness (QED) is 0.409. The Bertz CT molecular complexity index is 862. The maximum absolute atomic E-state index is 3.54. The summed E-state index contributed by atoms with van der Waals surface area (Å²) in [4.78, 5) is 6.91. The monoisotopic (exact) mass is 388 g/mol. The van der Waals surface area contributed by atoms with Crippen LogP contribution in [-0.2, 0) is 0 Å². The second kappa shape index (κ2) is 4.50. The molecule has 0 atom stereocenters. The molecule has 4 rings (SSSR count). The van der Waals surface area contributed by atoms with E-state index >= 15 is 0 Å². The molecule has 2 aromatic carbocycles. The maximum Gasteiger partial charge on any atom is 0.0630 e. The average molecular weight is 390 g/mol. The molecule has 0 saturated carbocycles. The molecule has 4 heteroatoms. The Balaban J connectivity index is 1.93. The predicted octanol–water partition coefficient (Wildman–Crippen LogP) is 5.84. The Labute approximate surface area is 132 Å². The van der Waals surface area contributed by atoms with Crippen molar-refractivity contribution < 1.29 is 0 Å². The first-order valence-corrected chi connectivity index (χ1v) is 7.85. The molecule has 0 saturated heterocycles. The lowest BCUT2D eigenvalue weighted by Gasteiger charge is -1.95. The Morgan fingerprint density at radius 2 is 1.30 bits per heavy atom. The summed E-state index contributed by atoms with van der Waals surface area (Å²) in [7, 11) is 0. The summed E-state index contributed by atoms with van der Waals surface area (Å²) in [6.45, 7) is 0. The van der Waals surface area contributed by atoms with Gasteiger partial charge in [-0.1, -0.05) is 18.2 Å². The number of aromatic nitrogens is 2. The largest absolute Gasteiger partial charge is 0.353 e. The summed E-state index contributed by atoms with van der Waals surface area (Å²) >= 11 is 7.08. The molecule has 20 heavy (non-hydrogen) atoms. The van der Waals surface area contributed by atoms with Gasteiger partial charge in [0.2, 0.25) is 0 Å². The van der Waals surface area contributed by atoms with Crippen LogP contribution >= 0.6 is 31.9 Å². The van der Waals surface area contributed by atoms with Crippen LogP contribution < -0.4 is 0 Å². The van der Waals surface area contributed by atoms with Gasteiger partial charge in [-0.2, -0.15) is 0 Å². The van der Waals surface area contributed by atoms with Gasteiger partial charge >= 0.3 is 0 Å². The van der Waals surface area contributed by atoms with Gasteiger partial charge in [0, 0.05) is 30.8 Å². The van der Waals surface area contributed by atoms with Crippen LogP contribution in [0.5, 0.6) is 0 Å². The lowest BCUT2D eigenvalue weighted by atomic mass is 10.2. The van der Waals surface area contributed by atoms with Crippen LogP contribution in [0.1, 0.15) is 0 Å². The minimum Gasteiger partial charge on any atom is -0.353 e. The number of halogens is 2. The van der Waals surface area contributed by atoms with E-state index in [0.29, 0.717) is 0 Å². The van der Waals surface area contributed by atoms with E-state index in [1.165, 1.54) is 10.8 Å². The third-order valence-corrected chi connectivity index (χ3v) is 5.33. The molecule has 0 fully saturated rings. The average Bonchev–Trinajstić information content (AvgIpc) is 3.02. The van der Waals surface area contributed by atoms with Crippen molar-refractivity contribution in [3.63, 3.8) is 0 Å². The molecule has 0 amide bonds. The molecular weight excluding hydrogens is 380 g/mol. The predicted molar refractivity (Wildman–Crippen MR) is 91.0 cm³/mol. The van der Waals surface area contributed by atoms with Crippen molar-refractivity contribution in [2.45, 2.75) is 0 Å². The van der Waals surface area contributed by atoms with Gasteiger partial charge in [0.15, 0.2) is 0 Å². The van der Waals surface area contributed by atoms with Gasteiger partial charge in [0.25, 0.3) is 0 Å². The van der Waals surface area contributed by atoms with E-state index in [1.54, 1.807) is 0 Å². The minimum absolute atomic E-state index is 1.05. The highest BCUT2D eigenvalue weighted by Crippen LogP contribution is 2.32. The summed E-state index contributed by atoms with van der Waals surface area (Å²) < 4.78 is 2.11. The van der Waals surface area contributed by atoms with Gasteiger partial charge in [0.1, 0.15) is 0 Å². The third-order valence-electron chi connectivity index (χ3n) is 3.48. The number of fused-ring (bicyclic) bond motifs is 2. The van der Waals surface area contributed by atoms with Crippen molar-refractivity contribution in [1.29, 1.82) is 0 Å². The van der Waals surface area contributed by atoms with Crippen molar-refractivity contribution in [3.05, 3.63) is 57.5 Å². The van der Waals surface area contributed by atoms with Crippen LogP contribution in [-0.4, -0.2) is 9.97 Å². The Kier molecular flexibility index (Phi) is 2.75. The number of benzene rings is 2. The zero-order chi connectivity index (χ0) is 13.7. The van der Waals surface area contributed by atoms with E-state index < -0.39 is 0 Å². The van der Waals surface area contributed by atoms with Crippen LogP contribution in [0.3, 0.4) is 0 Å². The molecule has 0 aliphatic heterocycles. The number of hydrogen-bond acceptors (Lipinski definition) is 0. The number of para-hydroxylation sites is 1. The standard InChI is InChI=1S/C16H10Br2N2/c17-11-5-10-7-16(20-14(10)8-12(11)18)15-6-9-3-1-2-4-13(9)19-15/h1-8,19-20H. The Hall–Kier alpha value is -1.52. The van der Waals surface area contributed by atoms with Gasteiger partial charge in [0.05, 0.1) is 11.4 Å². The summed E-state index contributed by atoms with van der Waals surface area (Å²) in [6, 6.07) is 16.8. The number of nitrogens with one attached hydrogen (secondary N) is 2. The first-order chi connectivity index (χ1) is 9.70. The van der Waals surface area contributed by atoms with Crippen molar-refractivity contribution in [3.8, 4) is 11.4 Å². The zero-order valence-corrected chi connectivity index (χ0v) is 13.5. The zero-order valence-electron chi connectivity index (χ0n) is 10.4. The van der Waals surface area contributed by atoms with Crippen LogP contribution in [0.25, 0.3) is 33.2 Å². The van der Waals surface area contributed by atoms with E-state index in [1.807, 2.05) is 6.07 Å². The highest BCUT2D eigenvalue weighted by Gasteiger charge is 2.08. The molecule has 2 N–H and O–H groups in total. The molecule has 98 valence electrons. The molecule has 2 aromatic heterocycles. The number of hydrogen-bond donors (Lipinski definition) is 2.